The SMILES string of the molecule is c1ccc(-c2ccc(N(c3ccc(-c4ccccc4-c4cccc5c4c4ccccc4n5-c4ccccc4)cc3)c3ccccc3-c3cccc4ccccc34)cc2)cc1. The van der Waals surface area contributed by atoms with Gasteiger partial charge >= 0.3 is 0 Å². The minimum Gasteiger partial charge on any atom is -0.310 e. The summed E-state index contributed by atoms with van der Waals surface area (Å²) in [6.07, 6.45) is 0. The predicted octanol–water partition coefficient (Wildman–Crippen LogP) is 16.1. The number of anilines is 3. The van der Waals surface area contributed by atoms with Crippen LogP contribution in [0.25, 0.3) is 82.8 Å². The molecule has 0 fully saturated rings. The molecular weight excluding hydrogens is 725 g/mol. The van der Waals surface area contributed by atoms with E-state index in [1.165, 1.54) is 77.1 Å². The van der Waals surface area contributed by atoms with Crippen LogP contribution in [0.15, 0.2) is 243 Å². The normalized spacial score (nSPS) is 11.3. The molecule has 0 bridgehead atoms. The first-order valence-electron chi connectivity index (χ1n) is 20.6. The Morgan fingerprint density at radius 3 is 1.55 bits per heavy atom. The van der Waals surface area contributed by atoms with Gasteiger partial charge < -0.3 is 9.47 Å². The first-order chi connectivity index (χ1) is 29.8. The van der Waals surface area contributed by atoms with Gasteiger partial charge in [0, 0.05) is 33.4 Å². The molecule has 0 unspecified atom stereocenters. The molecule has 0 saturated heterocycles. The Hall–Kier alpha value is -7.94. The smallest absolute Gasteiger partial charge is 0.0547 e. The molecule has 0 saturated carbocycles. The van der Waals surface area contributed by atoms with E-state index in [-0.39, 0.29) is 0 Å². The van der Waals surface area contributed by atoms with Crippen molar-refractivity contribution in [2.45, 2.75) is 0 Å². The number of hydrogen-bond donors (Lipinski definition) is 0. The molecule has 11 aromatic rings. The fraction of sp³-hybridized carbons (Fsp3) is 0. The summed E-state index contributed by atoms with van der Waals surface area (Å²) in [7, 11) is 0. The molecule has 1 heterocycles. The first kappa shape index (κ1) is 35.2. The van der Waals surface area contributed by atoms with E-state index in [1.807, 2.05) is 0 Å². The van der Waals surface area contributed by atoms with Crippen LogP contribution < -0.4 is 4.90 Å². The zero-order valence-electron chi connectivity index (χ0n) is 33.0. The van der Waals surface area contributed by atoms with Crippen LogP contribution in [0.2, 0.25) is 0 Å². The lowest BCUT2D eigenvalue weighted by atomic mass is 9.91. The fourth-order valence-electron chi connectivity index (χ4n) is 9.08. The molecule has 0 aliphatic carbocycles. The van der Waals surface area contributed by atoms with Crippen LogP contribution in [0.1, 0.15) is 0 Å². The van der Waals surface area contributed by atoms with Gasteiger partial charge in [0.1, 0.15) is 0 Å². The van der Waals surface area contributed by atoms with Crippen LogP contribution in [0.4, 0.5) is 17.1 Å². The van der Waals surface area contributed by atoms with E-state index in [0.717, 1.165) is 22.7 Å². The number of para-hydroxylation sites is 3. The number of hydrogen-bond acceptors (Lipinski definition) is 1. The molecular formula is C58H40N2. The van der Waals surface area contributed by atoms with E-state index in [2.05, 4.69) is 252 Å². The van der Waals surface area contributed by atoms with Gasteiger partial charge in [-0.25, -0.2) is 0 Å². The highest BCUT2D eigenvalue weighted by Gasteiger charge is 2.21. The standard InChI is InChI=1S/C58H40N2/c1-3-17-41(18-4-1)42-33-37-46(38-34-42)59(55-30-13-11-26-52(55)50-28-15-20-43-19-7-8-23-48(43)50)47-39-35-44(36-40-47)49-24-9-10-25-51(49)53-29-16-32-57-58(53)54-27-12-14-31-56(54)60(57)45-21-5-2-6-22-45/h1-40H. The molecule has 2 heteroatoms. The molecule has 1 aromatic heterocycles. The third-order valence-corrected chi connectivity index (χ3v) is 11.8. The molecule has 2 nitrogen and oxygen atoms in total. The summed E-state index contributed by atoms with van der Waals surface area (Å²) in [5.74, 6) is 0. The van der Waals surface area contributed by atoms with E-state index in [4.69, 9.17) is 0 Å². The van der Waals surface area contributed by atoms with Crippen LogP contribution in [-0.4, -0.2) is 4.57 Å². The zero-order valence-corrected chi connectivity index (χ0v) is 33.0. The molecule has 0 amide bonds. The van der Waals surface area contributed by atoms with Gasteiger partial charge in [-0.15, -0.1) is 0 Å². The average molecular weight is 765 g/mol. The Labute approximate surface area is 350 Å². The van der Waals surface area contributed by atoms with Gasteiger partial charge in [0.25, 0.3) is 0 Å². The largest absolute Gasteiger partial charge is 0.310 e. The molecule has 0 aliphatic rings. The van der Waals surface area contributed by atoms with Crippen LogP contribution >= 0.6 is 0 Å². The van der Waals surface area contributed by atoms with Gasteiger partial charge in [-0.2, -0.15) is 0 Å². The van der Waals surface area contributed by atoms with Crippen LogP contribution in [0.5, 0.6) is 0 Å². The highest BCUT2D eigenvalue weighted by molar-refractivity contribution is 6.16. The Morgan fingerprint density at radius 2 is 0.783 bits per heavy atom. The number of fused-ring (bicyclic) bond motifs is 4. The maximum absolute atomic E-state index is 2.40. The molecule has 10 aromatic carbocycles. The number of nitrogens with zero attached hydrogens (tertiary/aromatic N) is 2. The summed E-state index contributed by atoms with van der Waals surface area (Å²) < 4.78 is 2.39. The zero-order chi connectivity index (χ0) is 39.8. The van der Waals surface area contributed by atoms with Crippen molar-refractivity contribution < 1.29 is 0 Å². The van der Waals surface area contributed by atoms with Crippen molar-refractivity contribution in [2.75, 3.05) is 4.90 Å². The lowest BCUT2D eigenvalue weighted by molar-refractivity contribution is 1.18. The summed E-state index contributed by atoms with van der Waals surface area (Å²) >= 11 is 0. The molecule has 60 heavy (non-hydrogen) atoms. The van der Waals surface area contributed by atoms with Crippen molar-refractivity contribution >= 4 is 49.6 Å². The van der Waals surface area contributed by atoms with Crippen molar-refractivity contribution in [3.05, 3.63) is 243 Å². The number of rotatable bonds is 8. The Bertz CT molecular complexity index is 3280. The maximum Gasteiger partial charge on any atom is 0.0547 e. The Balaban J connectivity index is 1.05. The Kier molecular flexibility index (Phi) is 8.87. The first-order valence-corrected chi connectivity index (χ1v) is 20.6. The predicted molar refractivity (Wildman–Crippen MR) is 255 cm³/mol. The molecule has 282 valence electrons. The van der Waals surface area contributed by atoms with Crippen molar-refractivity contribution in [1.29, 1.82) is 0 Å². The molecule has 0 N–H and O–H groups in total. The third kappa shape index (κ3) is 6.14. The summed E-state index contributed by atoms with van der Waals surface area (Å²) in [4.78, 5) is 2.40. The molecule has 0 atom stereocenters. The van der Waals surface area contributed by atoms with E-state index in [0.29, 0.717) is 0 Å². The third-order valence-electron chi connectivity index (χ3n) is 11.8. The van der Waals surface area contributed by atoms with Crippen molar-refractivity contribution in [1.82, 2.24) is 4.57 Å². The van der Waals surface area contributed by atoms with Crippen molar-refractivity contribution in [3.63, 3.8) is 0 Å². The molecule has 0 aliphatic heterocycles. The minimum atomic E-state index is 1.09. The van der Waals surface area contributed by atoms with E-state index < -0.39 is 0 Å². The highest BCUT2D eigenvalue weighted by atomic mass is 15.1. The van der Waals surface area contributed by atoms with Gasteiger partial charge in [-0.1, -0.05) is 188 Å². The van der Waals surface area contributed by atoms with Gasteiger partial charge in [0.2, 0.25) is 0 Å². The number of benzene rings is 10. The molecule has 11 rings (SSSR count). The fourth-order valence-corrected chi connectivity index (χ4v) is 9.08. The van der Waals surface area contributed by atoms with Gasteiger partial charge in [0.05, 0.1) is 16.7 Å². The Morgan fingerprint density at radius 1 is 0.283 bits per heavy atom. The average Bonchev–Trinajstić information content (AvgIpc) is 3.67. The van der Waals surface area contributed by atoms with Crippen LogP contribution in [0.3, 0.4) is 0 Å². The summed E-state index contributed by atoms with van der Waals surface area (Å²) in [5, 5.41) is 4.97. The van der Waals surface area contributed by atoms with Gasteiger partial charge in [-0.05, 0) is 104 Å². The van der Waals surface area contributed by atoms with Crippen molar-refractivity contribution in [2.24, 2.45) is 0 Å². The second-order valence-electron chi connectivity index (χ2n) is 15.3. The van der Waals surface area contributed by atoms with Crippen molar-refractivity contribution in [3.8, 4) is 50.2 Å². The highest BCUT2D eigenvalue weighted by Crippen LogP contribution is 2.45. The summed E-state index contributed by atoms with van der Waals surface area (Å²) in [5.41, 5.74) is 16.4. The summed E-state index contributed by atoms with van der Waals surface area (Å²) in [6, 6.07) is 87.8. The lowest BCUT2D eigenvalue weighted by Gasteiger charge is -2.28. The molecule has 0 radical (unpaired) electrons. The van der Waals surface area contributed by atoms with Gasteiger partial charge in [-0.3, -0.25) is 0 Å². The second-order valence-corrected chi connectivity index (χ2v) is 15.3. The monoisotopic (exact) mass is 764 g/mol. The maximum atomic E-state index is 2.40. The van der Waals surface area contributed by atoms with Crippen LogP contribution in [-0.2, 0) is 0 Å². The minimum absolute atomic E-state index is 1.09. The number of aromatic nitrogens is 1. The van der Waals surface area contributed by atoms with E-state index in [9.17, 15) is 0 Å². The lowest BCUT2D eigenvalue weighted by Crippen LogP contribution is -2.11. The topological polar surface area (TPSA) is 8.17 Å². The quantitative estimate of drug-likeness (QED) is 0.150. The summed E-state index contributed by atoms with van der Waals surface area (Å²) in [6.45, 7) is 0. The van der Waals surface area contributed by atoms with Crippen LogP contribution in [0, 0.1) is 0 Å². The van der Waals surface area contributed by atoms with E-state index >= 15 is 0 Å². The molecule has 0 spiro atoms. The van der Waals surface area contributed by atoms with E-state index in [1.54, 1.807) is 0 Å². The second kappa shape index (κ2) is 15.1. The van der Waals surface area contributed by atoms with Gasteiger partial charge in [0.15, 0.2) is 0 Å².